The minimum absolute atomic E-state index is 0.163. The van der Waals surface area contributed by atoms with E-state index in [0.29, 0.717) is 24.0 Å². The van der Waals surface area contributed by atoms with Gasteiger partial charge in [0.15, 0.2) is 0 Å². The van der Waals surface area contributed by atoms with E-state index in [1.54, 1.807) is 0 Å². The van der Waals surface area contributed by atoms with Gasteiger partial charge in [-0.05, 0) is 55.5 Å². The van der Waals surface area contributed by atoms with Gasteiger partial charge in [-0.25, -0.2) is 8.78 Å². The number of carbonyl (C=O) groups is 1. The standard InChI is InChI=1S/C24H24F5N3O/c1-22(2,26)13-19(21(33)32-23(14-30)11-12-23)31-20(24(27,28)29)17-5-3-15(4-6-17)16-7-9-18(25)10-8-16/h3-10,19-20,31H,11-13H2,1-2H3,(H,32,33)/t19-,20-/m0/s1. The van der Waals surface area contributed by atoms with E-state index in [0.717, 1.165) is 0 Å². The number of carbonyl (C=O) groups excluding carboxylic acids is 1. The molecule has 3 rings (SSSR count). The highest BCUT2D eigenvalue weighted by Gasteiger charge is 2.48. The van der Waals surface area contributed by atoms with Crippen LogP contribution in [0.5, 0.6) is 0 Å². The van der Waals surface area contributed by atoms with Crippen molar-refractivity contribution < 1.29 is 26.7 Å². The highest BCUT2D eigenvalue weighted by molar-refractivity contribution is 5.83. The van der Waals surface area contributed by atoms with E-state index in [9.17, 15) is 32.0 Å². The first-order chi connectivity index (χ1) is 15.3. The van der Waals surface area contributed by atoms with Gasteiger partial charge in [0, 0.05) is 6.42 Å². The van der Waals surface area contributed by atoms with Crippen LogP contribution >= 0.6 is 0 Å². The Bertz CT molecular complexity index is 1020. The summed E-state index contributed by atoms with van der Waals surface area (Å²) in [6.45, 7) is 2.35. The van der Waals surface area contributed by atoms with Crippen molar-refractivity contribution in [2.75, 3.05) is 0 Å². The number of benzene rings is 2. The molecule has 1 saturated carbocycles. The molecule has 1 aliphatic carbocycles. The highest BCUT2D eigenvalue weighted by Crippen LogP contribution is 2.37. The average molecular weight is 465 g/mol. The van der Waals surface area contributed by atoms with Gasteiger partial charge in [-0.1, -0.05) is 36.4 Å². The zero-order chi connectivity index (χ0) is 24.4. The normalized spacial score (nSPS) is 17.0. The number of halogens is 5. The van der Waals surface area contributed by atoms with Crippen LogP contribution < -0.4 is 10.6 Å². The molecule has 33 heavy (non-hydrogen) atoms. The monoisotopic (exact) mass is 465 g/mol. The van der Waals surface area contributed by atoms with E-state index in [1.165, 1.54) is 62.4 Å². The summed E-state index contributed by atoms with van der Waals surface area (Å²) < 4.78 is 69.4. The summed E-state index contributed by atoms with van der Waals surface area (Å²) in [5.74, 6) is -1.28. The Hall–Kier alpha value is -2.99. The van der Waals surface area contributed by atoms with E-state index in [-0.39, 0.29) is 5.56 Å². The van der Waals surface area contributed by atoms with Gasteiger partial charge in [-0.15, -0.1) is 0 Å². The van der Waals surface area contributed by atoms with Gasteiger partial charge in [0.25, 0.3) is 0 Å². The number of hydrogen-bond acceptors (Lipinski definition) is 3. The van der Waals surface area contributed by atoms with Crippen LogP contribution in [0.2, 0.25) is 0 Å². The first-order valence-corrected chi connectivity index (χ1v) is 10.4. The minimum Gasteiger partial charge on any atom is -0.336 e. The lowest BCUT2D eigenvalue weighted by atomic mass is 9.96. The second-order valence-corrected chi connectivity index (χ2v) is 8.93. The van der Waals surface area contributed by atoms with Gasteiger partial charge in [0.05, 0.1) is 12.1 Å². The van der Waals surface area contributed by atoms with Gasteiger partial charge >= 0.3 is 6.18 Å². The molecule has 0 unspecified atom stereocenters. The molecule has 1 fully saturated rings. The molecule has 176 valence electrons. The van der Waals surface area contributed by atoms with Gasteiger partial charge < -0.3 is 5.32 Å². The van der Waals surface area contributed by atoms with Crippen LogP contribution in [0.4, 0.5) is 22.0 Å². The lowest BCUT2D eigenvalue weighted by Crippen LogP contribution is -2.53. The van der Waals surface area contributed by atoms with Crippen molar-refractivity contribution in [1.82, 2.24) is 10.6 Å². The highest BCUT2D eigenvalue weighted by atomic mass is 19.4. The first kappa shape index (κ1) is 24.6. The fraction of sp³-hybridized carbons (Fsp3) is 0.417. The van der Waals surface area contributed by atoms with Crippen molar-refractivity contribution in [2.24, 2.45) is 0 Å². The van der Waals surface area contributed by atoms with E-state index in [2.05, 4.69) is 10.6 Å². The average Bonchev–Trinajstić information content (AvgIpc) is 3.50. The number of alkyl halides is 4. The maximum absolute atomic E-state index is 14.4. The van der Waals surface area contributed by atoms with Crippen LogP contribution in [0.25, 0.3) is 11.1 Å². The quantitative estimate of drug-likeness (QED) is 0.516. The Labute approximate surface area is 188 Å². The van der Waals surface area contributed by atoms with Gasteiger partial charge in [0.2, 0.25) is 5.91 Å². The van der Waals surface area contributed by atoms with Gasteiger partial charge in [0.1, 0.15) is 23.1 Å². The minimum atomic E-state index is -4.77. The number of amides is 1. The predicted octanol–water partition coefficient (Wildman–Crippen LogP) is 5.36. The number of nitriles is 1. The Balaban J connectivity index is 1.86. The van der Waals surface area contributed by atoms with Crippen LogP contribution in [0, 0.1) is 17.1 Å². The van der Waals surface area contributed by atoms with E-state index >= 15 is 0 Å². The fourth-order valence-electron chi connectivity index (χ4n) is 3.52. The Morgan fingerprint density at radius 1 is 1.03 bits per heavy atom. The van der Waals surface area contributed by atoms with Crippen molar-refractivity contribution in [3.05, 3.63) is 59.9 Å². The molecule has 0 spiro atoms. The largest absolute Gasteiger partial charge is 0.407 e. The van der Waals surface area contributed by atoms with Crippen LogP contribution in [0.1, 0.15) is 44.7 Å². The first-order valence-electron chi connectivity index (χ1n) is 10.4. The summed E-state index contributed by atoms with van der Waals surface area (Å²) in [6.07, 6.45) is -4.49. The molecule has 0 radical (unpaired) electrons. The molecule has 2 N–H and O–H groups in total. The maximum Gasteiger partial charge on any atom is 0.407 e. The Morgan fingerprint density at radius 2 is 1.55 bits per heavy atom. The third-order valence-electron chi connectivity index (χ3n) is 5.45. The second kappa shape index (κ2) is 9.10. The summed E-state index contributed by atoms with van der Waals surface area (Å²) in [4.78, 5) is 12.7. The molecular formula is C24H24F5N3O. The topological polar surface area (TPSA) is 64.9 Å². The number of nitrogens with one attached hydrogen (secondary N) is 2. The van der Waals surface area contributed by atoms with Crippen molar-refractivity contribution in [3.63, 3.8) is 0 Å². The van der Waals surface area contributed by atoms with Gasteiger partial charge in [-0.2, -0.15) is 18.4 Å². The molecular weight excluding hydrogens is 441 g/mol. The lowest BCUT2D eigenvalue weighted by Gasteiger charge is -2.30. The lowest BCUT2D eigenvalue weighted by molar-refractivity contribution is -0.161. The summed E-state index contributed by atoms with van der Waals surface area (Å²) in [7, 11) is 0. The molecule has 1 aliphatic rings. The molecule has 0 aromatic heterocycles. The Morgan fingerprint density at radius 3 is 1.97 bits per heavy atom. The second-order valence-electron chi connectivity index (χ2n) is 8.93. The third kappa shape index (κ3) is 6.51. The molecule has 9 heteroatoms. The molecule has 0 heterocycles. The summed E-state index contributed by atoms with van der Waals surface area (Å²) >= 11 is 0. The molecule has 2 aromatic carbocycles. The third-order valence-corrected chi connectivity index (χ3v) is 5.45. The number of hydrogen-bond donors (Lipinski definition) is 2. The van der Waals surface area contributed by atoms with Crippen LogP contribution in [0.15, 0.2) is 48.5 Å². The molecule has 0 bridgehead atoms. The van der Waals surface area contributed by atoms with Crippen LogP contribution in [-0.2, 0) is 4.79 Å². The van der Waals surface area contributed by atoms with E-state index in [4.69, 9.17) is 0 Å². The molecule has 4 nitrogen and oxygen atoms in total. The predicted molar refractivity (Wildman–Crippen MR) is 113 cm³/mol. The van der Waals surface area contributed by atoms with Gasteiger partial charge in [-0.3, -0.25) is 10.1 Å². The maximum atomic E-state index is 14.4. The molecule has 1 amide bonds. The van der Waals surface area contributed by atoms with Crippen molar-refractivity contribution in [3.8, 4) is 17.2 Å². The SMILES string of the molecule is CC(C)(F)C[C@H](N[C@@H](c1ccc(-c2ccc(F)cc2)cc1)C(F)(F)F)C(=O)NC1(C#N)CC1. The Kier molecular flexibility index (Phi) is 6.80. The van der Waals surface area contributed by atoms with Crippen molar-refractivity contribution >= 4 is 5.91 Å². The summed E-state index contributed by atoms with van der Waals surface area (Å²) in [5, 5.41) is 13.9. The summed E-state index contributed by atoms with van der Waals surface area (Å²) in [6, 6.07) is 9.16. The molecule has 0 aliphatic heterocycles. The number of rotatable bonds is 8. The molecule has 2 aromatic rings. The van der Waals surface area contributed by atoms with E-state index < -0.39 is 47.6 Å². The fourth-order valence-corrected chi connectivity index (χ4v) is 3.52. The molecule has 2 atom stereocenters. The zero-order valence-electron chi connectivity index (χ0n) is 18.1. The number of nitrogens with zero attached hydrogens (tertiary/aromatic N) is 1. The molecule has 0 saturated heterocycles. The summed E-state index contributed by atoms with van der Waals surface area (Å²) in [5.41, 5.74) is -1.97. The zero-order valence-corrected chi connectivity index (χ0v) is 18.1. The smallest absolute Gasteiger partial charge is 0.336 e. The van der Waals surface area contributed by atoms with Crippen LogP contribution in [0.3, 0.4) is 0 Å². The van der Waals surface area contributed by atoms with Crippen molar-refractivity contribution in [1.29, 1.82) is 5.26 Å². The van der Waals surface area contributed by atoms with Crippen molar-refractivity contribution in [2.45, 2.75) is 62.6 Å². The van der Waals surface area contributed by atoms with Crippen LogP contribution in [-0.4, -0.2) is 29.3 Å². The van der Waals surface area contributed by atoms with E-state index in [1.807, 2.05) is 6.07 Å².